The Morgan fingerprint density at radius 3 is 2.79 bits per heavy atom. The lowest BCUT2D eigenvalue weighted by atomic mass is 9.79. The fraction of sp³-hybridized carbons (Fsp3) is 0.533. The summed E-state index contributed by atoms with van der Waals surface area (Å²) in [6, 6.07) is 8.43. The van der Waals surface area contributed by atoms with Crippen LogP contribution in [0.2, 0.25) is 0 Å². The number of hydrogen-bond donors (Lipinski definition) is 1. The minimum Gasteiger partial charge on any atom is -0.370 e. The molecule has 0 amide bonds. The molecule has 1 saturated carbocycles. The second kappa shape index (κ2) is 5.15. The van der Waals surface area contributed by atoms with Crippen molar-refractivity contribution in [3.8, 4) is 6.07 Å². The van der Waals surface area contributed by atoms with Gasteiger partial charge < -0.3 is 10.6 Å². The topological polar surface area (TPSA) is 53.0 Å². The van der Waals surface area contributed by atoms with Gasteiger partial charge in [0.2, 0.25) is 0 Å². The molecular formula is C15H18BrN3. The van der Waals surface area contributed by atoms with Gasteiger partial charge >= 0.3 is 0 Å². The summed E-state index contributed by atoms with van der Waals surface area (Å²) in [6.45, 7) is 2.23. The standard InChI is InChI=1S/C15H18BrN3/c16-14-5-10(7-17)1-4-15(14)19-8-11-2-3-13(18)6-12(11)9-19/h1,4-5,11-13H,2-3,6,8-9,18H2/t11-,12+,13?/m1/s1. The monoisotopic (exact) mass is 319 g/mol. The van der Waals surface area contributed by atoms with Crippen LogP contribution in [0.15, 0.2) is 22.7 Å². The summed E-state index contributed by atoms with van der Waals surface area (Å²) in [5, 5.41) is 8.92. The van der Waals surface area contributed by atoms with Gasteiger partial charge in [-0.05, 0) is 65.2 Å². The third kappa shape index (κ3) is 2.50. The maximum atomic E-state index is 8.92. The molecule has 3 nitrogen and oxygen atoms in total. The van der Waals surface area contributed by atoms with Crippen molar-refractivity contribution in [1.82, 2.24) is 0 Å². The van der Waals surface area contributed by atoms with E-state index in [0.717, 1.165) is 35.8 Å². The van der Waals surface area contributed by atoms with Gasteiger partial charge in [-0.1, -0.05) is 0 Å². The highest BCUT2D eigenvalue weighted by Gasteiger charge is 2.37. The van der Waals surface area contributed by atoms with Crippen LogP contribution in [0.4, 0.5) is 5.69 Å². The third-order valence-corrected chi connectivity index (χ3v) is 5.14. The number of benzene rings is 1. The molecule has 1 aliphatic carbocycles. The molecule has 2 N–H and O–H groups in total. The Morgan fingerprint density at radius 2 is 2.05 bits per heavy atom. The van der Waals surface area contributed by atoms with Crippen LogP contribution in [-0.4, -0.2) is 19.1 Å². The number of nitrogens with zero attached hydrogens (tertiary/aromatic N) is 2. The maximum Gasteiger partial charge on any atom is 0.0992 e. The van der Waals surface area contributed by atoms with Crippen molar-refractivity contribution in [3.05, 3.63) is 28.2 Å². The molecule has 0 radical (unpaired) electrons. The predicted octanol–water partition coefficient (Wildman–Crippen LogP) is 2.88. The lowest BCUT2D eigenvalue weighted by Gasteiger charge is -2.27. The second-order valence-electron chi connectivity index (χ2n) is 5.78. The van der Waals surface area contributed by atoms with Crippen LogP contribution in [0.25, 0.3) is 0 Å². The van der Waals surface area contributed by atoms with E-state index in [1.54, 1.807) is 0 Å². The summed E-state index contributed by atoms with van der Waals surface area (Å²) in [4.78, 5) is 2.44. The second-order valence-corrected chi connectivity index (χ2v) is 6.63. The minimum absolute atomic E-state index is 0.394. The Balaban J connectivity index is 1.79. The molecule has 1 saturated heterocycles. The number of fused-ring (bicyclic) bond motifs is 1. The Labute approximate surface area is 122 Å². The average molecular weight is 320 g/mol. The molecule has 0 bridgehead atoms. The first kappa shape index (κ1) is 13.0. The van der Waals surface area contributed by atoms with Crippen LogP contribution >= 0.6 is 15.9 Å². The number of rotatable bonds is 1. The highest BCUT2D eigenvalue weighted by atomic mass is 79.9. The van der Waals surface area contributed by atoms with Gasteiger partial charge in [-0.25, -0.2) is 0 Å². The van der Waals surface area contributed by atoms with Crippen molar-refractivity contribution < 1.29 is 0 Å². The van der Waals surface area contributed by atoms with Gasteiger partial charge in [-0.2, -0.15) is 5.26 Å². The summed E-state index contributed by atoms with van der Waals surface area (Å²) < 4.78 is 1.02. The summed E-state index contributed by atoms with van der Waals surface area (Å²) in [6.07, 6.45) is 3.59. The molecule has 1 unspecified atom stereocenters. The van der Waals surface area contributed by atoms with Crippen LogP contribution in [0, 0.1) is 23.2 Å². The van der Waals surface area contributed by atoms with Crippen LogP contribution in [0.1, 0.15) is 24.8 Å². The van der Waals surface area contributed by atoms with Gasteiger partial charge in [0.15, 0.2) is 0 Å². The van der Waals surface area contributed by atoms with Gasteiger partial charge in [0.1, 0.15) is 0 Å². The van der Waals surface area contributed by atoms with E-state index in [2.05, 4.69) is 33.0 Å². The summed E-state index contributed by atoms with van der Waals surface area (Å²) in [5.41, 5.74) is 7.99. The molecule has 0 spiro atoms. The zero-order valence-corrected chi connectivity index (χ0v) is 12.4. The number of hydrogen-bond acceptors (Lipinski definition) is 3. The van der Waals surface area contributed by atoms with E-state index in [-0.39, 0.29) is 0 Å². The first-order chi connectivity index (χ1) is 9.17. The molecule has 2 aliphatic rings. The van der Waals surface area contributed by atoms with Gasteiger partial charge in [0.25, 0.3) is 0 Å². The van der Waals surface area contributed by atoms with Crippen LogP contribution in [0.5, 0.6) is 0 Å². The molecule has 1 aromatic carbocycles. The van der Waals surface area contributed by atoms with Gasteiger partial charge in [0, 0.05) is 23.6 Å². The van der Waals surface area contributed by atoms with Crippen molar-refractivity contribution in [1.29, 1.82) is 5.26 Å². The molecule has 4 heteroatoms. The number of halogens is 1. The highest BCUT2D eigenvalue weighted by molar-refractivity contribution is 9.10. The zero-order valence-electron chi connectivity index (χ0n) is 10.8. The minimum atomic E-state index is 0.394. The summed E-state index contributed by atoms with van der Waals surface area (Å²) >= 11 is 3.59. The van der Waals surface area contributed by atoms with Crippen molar-refractivity contribution in [2.45, 2.75) is 25.3 Å². The van der Waals surface area contributed by atoms with Gasteiger partial charge in [0.05, 0.1) is 17.3 Å². The maximum absolute atomic E-state index is 8.92. The molecule has 100 valence electrons. The van der Waals surface area contributed by atoms with Crippen LogP contribution in [-0.2, 0) is 0 Å². The lowest BCUT2D eigenvalue weighted by Crippen LogP contribution is -2.32. The van der Waals surface area contributed by atoms with Crippen molar-refractivity contribution in [2.75, 3.05) is 18.0 Å². The molecule has 3 atom stereocenters. The van der Waals surface area contributed by atoms with E-state index in [1.807, 2.05) is 12.1 Å². The van der Waals surface area contributed by atoms with E-state index in [9.17, 15) is 0 Å². The first-order valence-electron chi connectivity index (χ1n) is 6.87. The zero-order chi connectivity index (χ0) is 13.4. The Bertz CT molecular complexity index is 523. The number of anilines is 1. The molecule has 3 rings (SSSR count). The molecule has 19 heavy (non-hydrogen) atoms. The van der Waals surface area contributed by atoms with Crippen molar-refractivity contribution in [3.63, 3.8) is 0 Å². The lowest BCUT2D eigenvalue weighted by molar-refractivity contribution is 0.271. The molecule has 1 aliphatic heterocycles. The first-order valence-corrected chi connectivity index (χ1v) is 7.67. The van der Waals surface area contributed by atoms with E-state index in [4.69, 9.17) is 11.0 Å². The molecule has 0 aromatic heterocycles. The molecular weight excluding hydrogens is 302 g/mol. The largest absolute Gasteiger partial charge is 0.370 e. The van der Waals surface area contributed by atoms with E-state index in [0.29, 0.717) is 11.6 Å². The predicted molar refractivity (Wildman–Crippen MR) is 79.9 cm³/mol. The Morgan fingerprint density at radius 1 is 1.26 bits per heavy atom. The van der Waals surface area contributed by atoms with Crippen LogP contribution in [0.3, 0.4) is 0 Å². The van der Waals surface area contributed by atoms with E-state index in [1.165, 1.54) is 18.5 Å². The van der Waals surface area contributed by atoms with Gasteiger partial charge in [-0.3, -0.25) is 0 Å². The summed E-state index contributed by atoms with van der Waals surface area (Å²) in [7, 11) is 0. The number of nitrogens with two attached hydrogens (primary N) is 1. The smallest absolute Gasteiger partial charge is 0.0992 e. The van der Waals surface area contributed by atoms with Crippen molar-refractivity contribution in [2.24, 2.45) is 17.6 Å². The summed E-state index contributed by atoms with van der Waals surface area (Å²) in [5.74, 6) is 1.54. The molecule has 2 fully saturated rings. The van der Waals surface area contributed by atoms with E-state index >= 15 is 0 Å². The quantitative estimate of drug-likeness (QED) is 0.866. The third-order valence-electron chi connectivity index (χ3n) is 4.51. The fourth-order valence-electron chi connectivity index (χ4n) is 3.50. The molecule has 1 heterocycles. The number of nitriles is 1. The van der Waals surface area contributed by atoms with Gasteiger partial charge in [-0.15, -0.1) is 0 Å². The fourth-order valence-corrected chi connectivity index (χ4v) is 4.13. The Hall–Kier alpha value is -1.05. The normalized spacial score (nSPS) is 29.9. The Kier molecular flexibility index (Phi) is 3.51. The SMILES string of the molecule is N#Cc1ccc(N2C[C@H]3CCC(N)C[C@H]3C2)c(Br)c1. The average Bonchev–Trinajstić information content (AvgIpc) is 2.81. The van der Waals surface area contributed by atoms with Crippen LogP contribution < -0.4 is 10.6 Å². The molecule has 1 aromatic rings. The van der Waals surface area contributed by atoms with E-state index < -0.39 is 0 Å². The van der Waals surface area contributed by atoms with Crippen molar-refractivity contribution >= 4 is 21.6 Å². The highest BCUT2D eigenvalue weighted by Crippen LogP contribution is 2.39.